The Morgan fingerprint density at radius 3 is 1.93 bits per heavy atom. The van der Waals surface area contributed by atoms with Crippen LogP contribution >= 0.6 is 23.2 Å². The van der Waals surface area contributed by atoms with Gasteiger partial charge < -0.3 is 138 Å². The standard InChI is InChI=1S/C83H88Cl2F3N13O27/c1-32(2)19-47(91-5)73(114)98-62-64(107)37-12-17-51(45(84)22-37)123-53-24-39-25-54(68(53)127-81-69(67(110)66(109)55(31-102)125-81)126-57-29-82(4,70(111)33(3)122-57)92-30-34-7-6-8-40(20-34)93-72(113)35-9-14-42(15-10-35)128-83(86,87)88)124-52-18-13-38(23-46(52)85)65(108)63-78(119)97-61(79(120)100-101-80(121)71(90)112)44-26-41(103)27-50(105)58(44)43-21-36(11-16-49(43)104)59(75(116)99-63)96-76(117)60(39)95-74(115)48(28-56(89)106)94-77(62)118/h6-18,20-27,32-33,47-48,55,57,59-67,69-70,81,91-92,102-105,107-111H,19,28-31H2,1-5H3,(H2,89,106)(H2,90,112)(H,93,113)(H,94,118)(H,95,115)(H,96,117)(H,97,119)(H,98,114)(H,99,116)(H,100,120)(H,101,121)/t33-,47+,48-,55+,57-,59+,60+,61+,62+,63-,64+,65+,66+,67-,69+,70+,81-,82-/m0/s1. The molecule has 45 heteroatoms. The van der Waals surface area contributed by atoms with Gasteiger partial charge in [0, 0.05) is 46.9 Å². The van der Waals surface area contributed by atoms with Gasteiger partial charge in [-0.3, -0.25) is 63.6 Å². The van der Waals surface area contributed by atoms with Crippen molar-refractivity contribution in [3.8, 4) is 62.9 Å². The SMILES string of the molecule is CN[C@H](CC(C)C)C(=O)N[C@H]1C(=O)N[C@@H](CC(N)=O)C(=O)N[C@H]2C(=O)N[C@H]3C(=O)N[C@H](C(=O)N[C@@H](C(=O)NNC(=O)C(N)=O)c4cc(O)cc(O)c4-c4cc3ccc4O)[C@H](O)c3ccc(c(Cl)c3)Oc3cc2cc(c3O[C@@H]2O[C@H](CO)[C@@H](O)[C@H](O)[C@H]2O[C@H]2C[C@](C)(NCc3cccc(NC(=O)c4ccc(OC(F)(F)F)cc4)c3)[C@H](O)[C@H](C)O2)Oc2ccc(cc2Cl)[C@H]1O. The fraction of sp³-hybridized carbons (Fsp3) is 0.361. The number of rotatable bonds is 19. The number of amides is 11. The predicted molar refractivity (Wildman–Crippen MR) is 437 cm³/mol. The summed E-state index contributed by atoms with van der Waals surface area (Å²) >= 11 is 14.3. The summed E-state index contributed by atoms with van der Waals surface area (Å²) in [5.74, 6) is -21.3. The molecule has 40 nitrogen and oxygen atoms in total. The lowest BCUT2D eigenvalue weighted by atomic mass is 9.84. The van der Waals surface area contributed by atoms with Crippen molar-refractivity contribution in [1.29, 1.82) is 0 Å². The summed E-state index contributed by atoms with van der Waals surface area (Å²) < 4.78 is 81.9. The quantitative estimate of drug-likeness (QED) is 0.0404. The number of hydrogen-bond donors (Lipinski definition) is 22. The second-order valence-corrected chi connectivity index (χ2v) is 32.0. The van der Waals surface area contributed by atoms with Gasteiger partial charge in [-0.25, -0.2) is 0 Å². The van der Waals surface area contributed by atoms with Gasteiger partial charge in [0.1, 0.15) is 101 Å². The van der Waals surface area contributed by atoms with Gasteiger partial charge in [-0.05, 0) is 158 Å². The Morgan fingerprint density at radius 2 is 1.31 bits per heavy atom. The first-order valence-corrected chi connectivity index (χ1v) is 40.1. The number of ether oxygens (including phenoxy) is 7. The minimum atomic E-state index is -4.98. The van der Waals surface area contributed by atoms with Gasteiger partial charge in [0.25, 0.3) is 11.8 Å². The number of aromatic hydroxyl groups is 3. The van der Waals surface area contributed by atoms with Crippen LogP contribution in [0, 0.1) is 5.92 Å². The number of alkyl halides is 3. The van der Waals surface area contributed by atoms with E-state index in [0.29, 0.717) is 11.6 Å². The van der Waals surface area contributed by atoms with Crippen molar-refractivity contribution in [2.75, 3.05) is 19.0 Å². The van der Waals surface area contributed by atoms with Crippen LogP contribution in [-0.2, 0) is 68.7 Å². The third-order valence-electron chi connectivity index (χ3n) is 21.5. The number of phenolic OH excluding ortho intramolecular Hbond substituents is 3. The van der Waals surface area contributed by atoms with Crippen LogP contribution in [-0.4, -0.2) is 210 Å². The minimum Gasteiger partial charge on any atom is -0.508 e. The number of hydrazine groups is 1. The molecule has 2 saturated heterocycles. The number of carbonyl (C=O) groups excluding carboxylic acids is 11. The van der Waals surface area contributed by atoms with E-state index >= 15 is 24.0 Å². The zero-order valence-electron chi connectivity index (χ0n) is 68.0. The summed E-state index contributed by atoms with van der Waals surface area (Å²) in [6, 6.07) is 8.56. The summed E-state index contributed by atoms with van der Waals surface area (Å²) in [4.78, 5) is 158. The van der Waals surface area contributed by atoms with Crippen molar-refractivity contribution in [3.63, 3.8) is 0 Å². The van der Waals surface area contributed by atoms with E-state index in [1.54, 1.807) is 44.4 Å². The van der Waals surface area contributed by atoms with Gasteiger partial charge in [0.15, 0.2) is 23.9 Å². The second kappa shape index (κ2) is 39.2. The van der Waals surface area contributed by atoms with Gasteiger partial charge in [-0.2, -0.15) is 0 Å². The second-order valence-electron chi connectivity index (χ2n) is 31.2. The number of carbonyl (C=O) groups is 11. The van der Waals surface area contributed by atoms with E-state index in [1.807, 2.05) is 5.43 Å². The van der Waals surface area contributed by atoms with Crippen LogP contribution in [0.3, 0.4) is 0 Å². The molecule has 7 aromatic rings. The Kier molecular flexibility index (Phi) is 28.9. The van der Waals surface area contributed by atoms with Crippen molar-refractivity contribution in [3.05, 3.63) is 176 Å². The molecule has 2 fully saturated rings. The molecule has 0 radical (unpaired) electrons. The normalized spacial score (nSPS) is 25.6. The van der Waals surface area contributed by atoms with Crippen LogP contribution in [0.2, 0.25) is 10.0 Å². The first-order chi connectivity index (χ1) is 60.5. The van der Waals surface area contributed by atoms with E-state index in [9.17, 15) is 87.9 Å². The molecule has 0 spiro atoms. The maximum absolute atomic E-state index is 16.3. The number of aliphatic hydroxyl groups is 6. The molecule has 18 atom stereocenters. The number of hydrogen-bond acceptors (Lipinski definition) is 29. The Balaban J connectivity index is 1.01. The lowest BCUT2D eigenvalue weighted by Crippen LogP contribution is -2.65. The molecule has 0 aliphatic carbocycles. The largest absolute Gasteiger partial charge is 0.573 e. The highest BCUT2D eigenvalue weighted by Crippen LogP contribution is 2.50. The maximum atomic E-state index is 16.3. The molecule has 14 rings (SSSR count). The molecular weight excluding hydrogens is 1740 g/mol. The molecule has 11 bridgehead atoms. The van der Waals surface area contributed by atoms with Crippen LogP contribution < -0.4 is 89.1 Å². The number of benzene rings is 7. The lowest BCUT2D eigenvalue weighted by Gasteiger charge is -2.48. The number of aliphatic hydroxyl groups excluding tert-OH is 6. The van der Waals surface area contributed by atoms with E-state index in [2.05, 4.69) is 52.6 Å². The Bertz CT molecular complexity index is 5470. The van der Waals surface area contributed by atoms with Crippen LogP contribution in [0.5, 0.6) is 51.7 Å². The van der Waals surface area contributed by atoms with Crippen LogP contribution in [0.4, 0.5) is 18.9 Å². The molecule has 0 aromatic heterocycles. The molecule has 11 amide bonds. The van der Waals surface area contributed by atoms with Crippen molar-refractivity contribution in [2.24, 2.45) is 17.4 Å². The van der Waals surface area contributed by atoms with Crippen LogP contribution in [0.25, 0.3) is 11.1 Å². The number of anilines is 1. The molecule has 682 valence electrons. The number of primary amides is 2. The number of phenols is 3. The van der Waals surface area contributed by atoms with Gasteiger partial charge >= 0.3 is 18.2 Å². The van der Waals surface area contributed by atoms with E-state index in [4.69, 9.17) is 63.1 Å². The van der Waals surface area contributed by atoms with Crippen molar-refractivity contribution in [1.82, 2.24) is 53.4 Å². The van der Waals surface area contributed by atoms with Gasteiger partial charge in [-0.15, -0.1) is 13.2 Å². The van der Waals surface area contributed by atoms with Gasteiger partial charge in [0.2, 0.25) is 53.4 Å². The van der Waals surface area contributed by atoms with E-state index < -0.39 is 283 Å². The number of fused-ring (bicyclic) bond motifs is 15. The monoisotopic (exact) mass is 1830 g/mol. The maximum Gasteiger partial charge on any atom is 0.573 e. The van der Waals surface area contributed by atoms with E-state index in [-0.39, 0.29) is 47.7 Å². The Morgan fingerprint density at radius 1 is 0.680 bits per heavy atom. The zero-order valence-corrected chi connectivity index (χ0v) is 69.5. The average molecular weight is 1830 g/mol. The first kappa shape index (κ1) is 94.4. The molecule has 7 aliphatic heterocycles. The Hall–Kier alpha value is -12.8. The van der Waals surface area contributed by atoms with Crippen molar-refractivity contribution < 1.29 is 145 Å². The van der Waals surface area contributed by atoms with Gasteiger partial charge in [-0.1, -0.05) is 67.4 Å². The topological polar surface area (TPSA) is 619 Å². The highest BCUT2D eigenvalue weighted by atomic mass is 35.5. The molecular formula is C83H88Cl2F3N13O27. The highest BCUT2D eigenvalue weighted by molar-refractivity contribution is 6.34. The number of halogens is 5. The van der Waals surface area contributed by atoms with E-state index in [0.717, 1.165) is 91.0 Å². The summed E-state index contributed by atoms with van der Waals surface area (Å²) in [7, 11) is 1.45. The summed E-state index contributed by atoms with van der Waals surface area (Å²) in [6.45, 7) is 5.53. The molecule has 7 aromatic carbocycles. The fourth-order valence-corrected chi connectivity index (χ4v) is 15.4. The molecule has 0 unspecified atom stereocenters. The smallest absolute Gasteiger partial charge is 0.508 e. The average Bonchev–Trinajstić information content (AvgIpc) is 0.766. The summed E-state index contributed by atoms with van der Waals surface area (Å²) in [5, 5.41) is 129. The molecule has 128 heavy (non-hydrogen) atoms. The number of likely N-dealkylation sites (N-methyl/N-ethyl adjacent to an activating group) is 1. The first-order valence-electron chi connectivity index (χ1n) is 39.3. The minimum absolute atomic E-state index is 0.0207. The highest BCUT2D eigenvalue weighted by Gasteiger charge is 2.53. The van der Waals surface area contributed by atoms with Crippen LogP contribution in [0.15, 0.2) is 127 Å². The van der Waals surface area contributed by atoms with Crippen molar-refractivity contribution in [2.45, 2.75) is 169 Å². The van der Waals surface area contributed by atoms with Gasteiger partial charge in [0.05, 0.1) is 41.3 Å². The Labute approximate surface area is 733 Å². The summed E-state index contributed by atoms with van der Waals surface area (Å²) in [6.07, 6.45) is -25.0. The van der Waals surface area contributed by atoms with Crippen molar-refractivity contribution >= 4 is 93.9 Å². The lowest BCUT2D eigenvalue weighted by molar-refractivity contribution is -0.334. The molecule has 7 aliphatic rings. The fourth-order valence-electron chi connectivity index (χ4n) is 15.0. The number of nitrogens with one attached hydrogen (secondary N) is 11. The zero-order chi connectivity index (χ0) is 93.0. The molecule has 7 heterocycles. The third kappa shape index (κ3) is 21.6. The number of nitrogens with two attached hydrogens (primary N) is 2. The van der Waals surface area contributed by atoms with Crippen LogP contribution in [0.1, 0.15) is 121 Å². The molecule has 24 N–H and O–H groups in total. The third-order valence-corrected chi connectivity index (χ3v) is 22.1. The van der Waals surface area contributed by atoms with E-state index in [1.165, 1.54) is 26.1 Å². The predicted octanol–water partition coefficient (Wildman–Crippen LogP) is 1.64. The molecule has 0 saturated carbocycles. The summed E-state index contributed by atoms with van der Waals surface area (Å²) in [5.41, 5.74) is 10.4.